The smallest absolute Gasteiger partial charge is 0.293 e. The van der Waals surface area contributed by atoms with E-state index in [1.165, 1.54) is 17.4 Å². The number of hydrogen-bond acceptors (Lipinski definition) is 8. The predicted molar refractivity (Wildman–Crippen MR) is 152 cm³/mol. The van der Waals surface area contributed by atoms with Crippen LogP contribution in [0.25, 0.3) is 10.2 Å². The molecule has 1 aliphatic rings. The van der Waals surface area contributed by atoms with Crippen LogP contribution in [0.3, 0.4) is 0 Å². The van der Waals surface area contributed by atoms with Crippen LogP contribution in [0.15, 0.2) is 30.3 Å². The van der Waals surface area contributed by atoms with Crippen LogP contribution < -0.4 is 9.80 Å². The predicted octanol–water partition coefficient (Wildman–Crippen LogP) is 5.07. The van der Waals surface area contributed by atoms with Crippen LogP contribution in [0.1, 0.15) is 35.3 Å². The van der Waals surface area contributed by atoms with Crippen LogP contribution >= 0.6 is 23.7 Å². The molecule has 0 atom stereocenters. The zero-order chi connectivity index (χ0) is 25.8. The molecule has 9 nitrogen and oxygen atoms in total. The molecule has 0 radical (unpaired) electrons. The highest BCUT2D eigenvalue weighted by molar-refractivity contribution is 7.22. The number of ether oxygens (including phenoxy) is 1. The lowest BCUT2D eigenvalue weighted by atomic mass is 10.1. The fourth-order valence-corrected chi connectivity index (χ4v) is 5.74. The van der Waals surface area contributed by atoms with E-state index in [1.54, 1.807) is 17.0 Å². The van der Waals surface area contributed by atoms with Crippen LogP contribution in [-0.2, 0) is 4.74 Å². The number of fused-ring (bicyclic) bond motifs is 1. The molecule has 4 rings (SSSR count). The fourth-order valence-electron chi connectivity index (χ4n) is 4.57. The summed E-state index contributed by atoms with van der Waals surface area (Å²) in [6.07, 6.45) is 0. The molecule has 200 valence electrons. The first-order valence-corrected chi connectivity index (χ1v) is 13.2. The number of morpholine rings is 1. The third kappa shape index (κ3) is 6.38. The number of carbonyl (C=O) groups excluding carboxylic acids is 1. The van der Waals surface area contributed by atoms with Crippen LogP contribution in [0.2, 0.25) is 0 Å². The summed E-state index contributed by atoms with van der Waals surface area (Å²) < 4.78 is 6.41. The molecular weight excluding hydrogens is 514 g/mol. The number of nitro benzene ring substituents is 1. The number of carbonyl (C=O) groups is 1. The first-order valence-electron chi connectivity index (χ1n) is 12.4. The van der Waals surface area contributed by atoms with Crippen LogP contribution in [0.4, 0.5) is 16.5 Å². The molecule has 2 heterocycles. The number of aromatic nitrogens is 1. The summed E-state index contributed by atoms with van der Waals surface area (Å²) in [4.78, 5) is 36.1. The third-order valence-electron chi connectivity index (χ3n) is 6.60. The number of halogens is 1. The van der Waals surface area contributed by atoms with Crippen molar-refractivity contribution in [2.75, 3.05) is 62.3 Å². The highest BCUT2D eigenvalue weighted by Crippen LogP contribution is 2.34. The number of benzene rings is 2. The minimum atomic E-state index is -0.411. The number of aryl methyl sites for hydroxylation is 2. The van der Waals surface area contributed by atoms with Crippen molar-refractivity contribution in [2.24, 2.45) is 0 Å². The molecule has 1 amide bonds. The van der Waals surface area contributed by atoms with E-state index in [9.17, 15) is 14.9 Å². The highest BCUT2D eigenvalue weighted by Gasteiger charge is 2.27. The van der Waals surface area contributed by atoms with Crippen LogP contribution in [0, 0.1) is 24.0 Å². The van der Waals surface area contributed by atoms with Crippen LogP contribution in [0.5, 0.6) is 0 Å². The first-order chi connectivity index (χ1) is 17.3. The standard InChI is InChI=1S/C26H33N5O4S.ClH/c1-5-28(6-2)9-10-30(26-27-24-19(4)15-18(3)16-23(24)36-26)25(32)20-7-8-21(22(17-20)31(33)34)29-11-13-35-14-12-29;/h7-8,15-17H,5-6,9-14H2,1-4H3;1H. The van der Waals surface area contributed by atoms with Crippen molar-refractivity contribution in [3.8, 4) is 0 Å². The van der Waals surface area contributed by atoms with E-state index in [0.717, 1.165) is 34.4 Å². The Hall–Kier alpha value is -2.79. The SMILES string of the molecule is CCN(CC)CCN(C(=O)c1ccc(N2CCOCC2)c([N+](=O)[O-])c1)c1nc2c(C)cc(C)cc2s1.Cl. The van der Waals surface area contributed by atoms with Gasteiger partial charge in [-0.25, -0.2) is 4.98 Å². The molecule has 11 heteroatoms. The van der Waals surface area contributed by atoms with Gasteiger partial charge in [-0.15, -0.1) is 12.4 Å². The topological polar surface area (TPSA) is 92.0 Å². The maximum absolute atomic E-state index is 13.8. The van der Waals surface area contributed by atoms with Gasteiger partial charge in [0.1, 0.15) is 5.69 Å². The molecule has 1 aliphatic heterocycles. The van der Waals surface area contributed by atoms with Gasteiger partial charge >= 0.3 is 0 Å². The van der Waals surface area contributed by atoms with Crippen molar-refractivity contribution in [2.45, 2.75) is 27.7 Å². The molecule has 1 fully saturated rings. The van der Waals surface area contributed by atoms with Gasteiger partial charge in [0.2, 0.25) is 0 Å². The Balaban J connectivity index is 0.00000380. The lowest BCUT2D eigenvalue weighted by molar-refractivity contribution is -0.384. The Kier molecular flexibility index (Phi) is 9.83. The average molecular weight is 548 g/mol. The Bertz CT molecular complexity index is 1260. The third-order valence-corrected chi connectivity index (χ3v) is 7.63. The summed E-state index contributed by atoms with van der Waals surface area (Å²) in [6, 6.07) is 8.94. The van der Waals surface area contributed by atoms with Gasteiger partial charge in [0.15, 0.2) is 5.13 Å². The zero-order valence-electron chi connectivity index (χ0n) is 21.7. The number of thiazole rings is 1. The summed E-state index contributed by atoms with van der Waals surface area (Å²) in [6.45, 7) is 13.3. The number of nitro groups is 1. The molecule has 0 aliphatic carbocycles. The lowest BCUT2D eigenvalue weighted by Crippen LogP contribution is -2.39. The number of hydrogen-bond donors (Lipinski definition) is 0. The first kappa shape index (κ1) is 28.8. The van der Waals surface area contributed by atoms with Crippen LogP contribution in [-0.4, -0.2) is 73.2 Å². The molecular formula is C26H34ClN5O4S. The number of likely N-dealkylation sites (N-methyl/N-ethyl adjacent to an activating group) is 1. The summed E-state index contributed by atoms with van der Waals surface area (Å²) in [5.74, 6) is -0.285. The van der Waals surface area contributed by atoms with E-state index in [4.69, 9.17) is 9.72 Å². The fraction of sp³-hybridized carbons (Fsp3) is 0.462. The van der Waals surface area contributed by atoms with E-state index in [2.05, 4.69) is 30.9 Å². The van der Waals surface area contributed by atoms with Gasteiger partial charge in [-0.3, -0.25) is 19.8 Å². The number of nitrogens with zero attached hydrogens (tertiary/aromatic N) is 5. The molecule has 0 spiro atoms. The largest absolute Gasteiger partial charge is 0.378 e. The van der Waals surface area contributed by atoms with Gasteiger partial charge in [-0.2, -0.15) is 0 Å². The van der Waals surface area contributed by atoms with Crippen molar-refractivity contribution >= 4 is 56.4 Å². The van der Waals surface area contributed by atoms with Gasteiger partial charge in [0, 0.05) is 37.8 Å². The van der Waals surface area contributed by atoms with Gasteiger partial charge in [0.25, 0.3) is 11.6 Å². The summed E-state index contributed by atoms with van der Waals surface area (Å²) in [5.41, 5.74) is 3.82. The Morgan fingerprint density at radius 2 is 1.84 bits per heavy atom. The van der Waals surface area contributed by atoms with Crippen molar-refractivity contribution in [1.29, 1.82) is 0 Å². The van der Waals surface area contributed by atoms with E-state index in [0.29, 0.717) is 50.2 Å². The van der Waals surface area contributed by atoms with Gasteiger partial charge < -0.3 is 14.5 Å². The van der Waals surface area contributed by atoms with Crippen molar-refractivity contribution in [3.05, 3.63) is 57.1 Å². The molecule has 37 heavy (non-hydrogen) atoms. The van der Waals surface area contributed by atoms with Crippen molar-refractivity contribution in [1.82, 2.24) is 9.88 Å². The Morgan fingerprint density at radius 3 is 2.49 bits per heavy atom. The Labute approximate surface area is 227 Å². The van der Waals surface area contributed by atoms with Crippen molar-refractivity contribution < 1.29 is 14.5 Å². The van der Waals surface area contributed by atoms with Gasteiger partial charge in [-0.05, 0) is 56.3 Å². The van der Waals surface area contributed by atoms with E-state index < -0.39 is 4.92 Å². The van der Waals surface area contributed by atoms with Crippen molar-refractivity contribution in [3.63, 3.8) is 0 Å². The maximum atomic E-state index is 13.8. The monoisotopic (exact) mass is 547 g/mol. The zero-order valence-corrected chi connectivity index (χ0v) is 23.4. The minimum Gasteiger partial charge on any atom is -0.378 e. The lowest BCUT2D eigenvalue weighted by Gasteiger charge is -2.29. The average Bonchev–Trinajstić information content (AvgIpc) is 3.30. The normalized spacial score (nSPS) is 13.6. The highest BCUT2D eigenvalue weighted by atomic mass is 35.5. The molecule has 0 unspecified atom stereocenters. The van der Waals surface area contributed by atoms with E-state index in [1.807, 2.05) is 18.7 Å². The van der Waals surface area contributed by atoms with E-state index >= 15 is 0 Å². The molecule has 0 saturated carbocycles. The number of amides is 1. The second kappa shape index (κ2) is 12.6. The maximum Gasteiger partial charge on any atom is 0.293 e. The summed E-state index contributed by atoms with van der Waals surface area (Å²) in [7, 11) is 0. The summed E-state index contributed by atoms with van der Waals surface area (Å²) >= 11 is 1.48. The molecule has 0 bridgehead atoms. The second-order valence-electron chi connectivity index (χ2n) is 8.97. The van der Waals surface area contributed by atoms with Gasteiger partial charge in [0.05, 0.1) is 28.4 Å². The minimum absolute atomic E-state index is 0. The molecule has 2 aromatic carbocycles. The molecule has 0 N–H and O–H groups in total. The quantitative estimate of drug-likeness (QED) is 0.273. The molecule has 1 aromatic heterocycles. The van der Waals surface area contributed by atoms with Gasteiger partial charge in [-0.1, -0.05) is 31.3 Å². The molecule has 1 saturated heterocycles. The number of anilines is 2. The Morgan fingerprint density at radius 1 is 1.14 bits per heavy atom. The summed E-state index contributed by atoms with van der Waals surface area (Å²) in [5, 5.41) is 12.6. The molecule has 3 aromatic rings. The number of rotatable bonds is 9. The second-order valence-corrected chi connectivity index (χ2v) is 9.98. The van der Waals surface area contributed by atoms with E-state index in [-0.39, 0.29) is 29.6 Å².